The number of nitrogens with one attached hydrogen (secondary N) is 1. The maximum absolute atomic E-state index is 6.15. The molecular weight excluding hydrogens is 405 g/mol. The Bertz CT molecular complexity index is 832. The van der Waals surface area contributed by atoms with Crippen LogP contribution in [0.2, 0.25) is 5.02 Å². The molecule has 1 heterocycles. The molecule has 0 spiro atoms. The maximum atomic E-state index is 6.15. The van der Waals surface area contributed by atoms with Crippen LogP contribution in [-0.4, -0.2) is 32.5 Å². The van der Waals surface area contributed by atoms with Gasteiger partial charge >= 0.3 is 0 Å². The third kappa shape index (κ3) is 6.70. The maximum Gasteiger partial charge on any atom is 0.209 e. The van der Waals surface area contributed by atoms with Crippen LogP contribution >= 0.6 is 35.8 Å². The van der Waals surface area contributed by atoms with Gasteiger partial charge in [0, 0.05) is 36.5 Å². The minimum absolute atomic E-state index is 0. The number of halogens is 2. The molecular formula is C18H21Cl2N5OS. The highest BCUT2D eigenvalue weighted by molar-refractivity contribution is 7.99. The van der Waals surface area contributed by atoms with Crippen molar-refractivity contribution in [2.24, 2.45) is 7.05 Å². The third-order valence-electron chi connectivity index (χ3n) is 3.67. The van der Waals surface area contributed by atoms with Gasteiger partial charge in [0.15, 0.2) is 0 Å². The van der Waals surface area contributed by atoms with E-state index in [2.05, 4.69) is 20.8 Å². The molecule has 1 N–H and O–H groups in total. The lowest BCUT2D eigenvalue weighted by molar-refractivity contribution is 0.302. The second-order valence-corrected chi connectivity index (χ2v) is 7.14. The number of hydrogen-bond acceptors (Lipinski definition) is 6. The Morgan fingerprint density at radius 3 is 2.74 bits per heavy atom. The second-order valence-electron chi connectivity index (χ2n) is 5.64. The number of thioether (sulfide) groups is 1. The molecule has 144 valence electrons. The molecule has 0 amide bonds. The van der Waals surface area contributed by atoms with Crippen LogP contribution in [-0.2, 0) is 20.2 Å². The molecule has 27 heavy (non-hydrogen) atoms. The highest BCUT2D eigenvalue weighted by Crippen LogP contribution is 2.24. The summed E-state index contributed by atoms with van der Waals surface area (Å²) in [5.74, 6) is 1.71. The van der Waals surface area contributed by atoms with Gasteiger partial charge in [0.2, 0.25) is 5.16 Å². The molecule has 6 nitrogen and oxygen atoms in total. The van der Waals surface area contributed by atoms with Crippen LogP contribution < -0.4 is 10.1 Å². The summed E-state index contributed by atoms with van der Waals surface area (Å²) >= 11 is 7.76. The number of benzene rings is 2. The average molecular weight is 426 g/mol. The smallest absolute Gasteiger partial charge is 0.209 e. The normalized spacial score (nSPS) is 10.4. The van der Waals surface area contributed by atoms with Crippen LogP contribution in [0.15, 0.2) is 53.7 Å². The number of hydrogen-bond donors (Lipinski definition) is 1. The first-order valence-electron chi connectivity index (χ1n) is 8.23. The zero-order valence-electron chi connectivity index (χ0n) is 14.8. The third-order valence-corrected chi connectivity index (χ3v) is 4.91. The lowest BCUT2D eigenvalue weighted by atomic mass is 10.2. The first kappa shape index (κ1) is 21.5. The quantitative estimate of drug-likeness (QED) is 0.415. The average Bonchev–Trinajstić information content (AvgIpc) is 3.06. The van der Waals surface area contributed by atoms with E-state index in [1.165, 1.54) is 0 Å². The van der Waals surface area contributed by atoms with E-state index in [1.807, 2.05) is 55.6 Å². The van der Waals surface area contributed by atoms with E-state index in [9.17, 15) is 0 Å². The zero-order valence-corrected chi connectivity index (χ0v) is 17.2. The van der Waals surface area contributed by atoms with Crippen LogP contribution in [0.5, 0.6) is 5.75 Å². The molecule has 0 aliphatic carbocycles. The topological polar surface area (TPSA) is 64.9 Å². The number of ether oxygens (including phenoxy) is 1. The molecule has 1 aromatic heterocycles. The lowest BCUT2D eigenvalue weighted by Crippen LogP contribution is -2.17. The van der Waals surface area contributed by atoms with E-state index in [-0.39, 0.29) is 12.4 Å². The fraction of sp³-hybridized carbons (Fsp3) is 0.278. The molecule has 0 aliphatic heterocycles. The molecule has 0 aliphatic rings. The molecule has 0 unspecified atom stereocenters. The Morgan fingerprint density at radius 1 is 1.19 bits per heavy atom. The van der Waals surface area contributed by atoms with Gasteiger partial charge in [0.25, 0.3) is 0 Å². The summed E-state index contributed by atoms with van der Waals surface area (Å²) in [6.07, 6.45) is 0. The van der Waals surface area contributed by atoms with Crippen LogP contribution in [0.1, 0.15) is 11.1 Å². The highest BCUT2D eigenvalue weighted by Gasteiger charge is 2.06. The van der Waals surface area contributed by atoms with Crippen molar-refractivity contribution in [3.63, 3.8) is 0 Å². The van der Waals surface area contributed by atoms with Gasteiger partial charge in [0.05, 0.1) is 0 Å². The summed E-state index contributed by atoms with van der Waals surface area (Å²) < 4.78 is 7.64. The minimum atomic E-state index is 0. The molecule has 0 saturated carbocycles. The first-order valence-corrected chi connectivity index (χ1v) is 9.60. The Morgan fingerprint density at radius 2 is 2.00 bits per heavy atom. The van der Waals surface area contributed by atoms with Gasteiger partial charge in [-0.3, -0.25) is 0 Å². The lowest BCUT2D eigenvalue weighted by Gasteiger charge is -2.13. The van der Waals surface area contributed by atoms with Gasteiger partial charge in [0.1, 0.15) is 12.4 Å². The summed E-state index contributed by atoms with van der Waals surface area (Å²) in [4.78, 5) is 0. The van der Waals surface area contributed by atoms with E-state index >= 15 is 0 Å². The predicted octanol–water partition coefficient (Wildman–Crippen LogP) is 3.75. The van der Waals surface area contributed by atoms with Gasteiger partial charge in [-0.25, -0.2) is 4.68 Å². The van der Waals surface area contributed by atoms with Crippen molar-refractivity contribution in [2.45, 2.75) is 18.3 Å². The monoisotopic (exact) mass is 425 g/mol. The molecule has 0 radical (unpaired) electrons. The molecule has 2 aromatic carbocycles. The first-order chi connectivity index (χ1) is 12.7. The summed E-state index contributed by atoms with van der Waals surface area (Å²) in [5, 5.41) is 16.3. The van der Waals surface area contributed by atoms with E-state index in [1.54, 1.807) is 16.4 Å². The standard InChI is InChI=1S/C18H20ClN5OS.ClH/c1-24-18(21-22-23-24)26-10-9-20-12-15-11-16(19)7-8-17(15)25-13-14-5-3-2-4-6-14;/h2-8,11,20H,9-10,12-13H2,1H3;1H. The Hall–Kier alpha value is -1.80. The van der Waals surface area contributed by atoms with E-state index in [0.29, 0.717) is 18.2 Å². The van der Waals surface area contributed by atoms with Crippen molar-refractivity contribution in [1.82, 2.24) is 25.5 Å². The summed E-state index contributed by atoms with van der Waals surface area (Å²) in [6.45, 7) is 2.04. The van der Waals surface area contributed by atoms with Crippen LogP contribution in [0.4, 0.5) is 0 Å². The van der Waals surface area contributed by atoms with E-state index < -0.39 is 0 Å². The van der Waals surface area contributed by atoms with Crippen molar-refractivity contribution < 1.29 is 4.74 Å². The largest absolute Gasteiger partial charge is 0.489 e. The Labute approximate surface area is 174 Å². The molecule has 0 bridgehead atoms. The molecule has 0 atom stereocenters. The number of aryl methyl sites for hydroxylation is 1. The van der Waals surface area contributed by atoms with E-state index in [0.717, 1.165) is 34.3 Å². The van der Waals surface area contributed by atoms with Crippen LogP contribution in [0.3, 0.4) is 0 Å². The summed E-state index contributed by atoms with van der Waals surface area (Å²) in [6, 6.07) is 15.8. The van der Waals surface area contributed by atoms with Crippen molar-refractivity contribution in [3.8, 4) is 5.75 Å². The fourth-order valence-corrected chi connectivity index (χ4v) is 3.28. The number of tetrazole rings is 1. The Kier molecular flexibility index (Phi) is 8.87. The van der Waals surface area contributed by atoms with Gasteiger partial charge in [-0.1, -0.05) is 53.7 Å². The number of nitrogens with zero attached hydrogens (tertiary/aromatic N) is 4. The number of aromatic nitrogens is 4. The van der Waals surface area contributed by atoms with Gasteiger partial charge in [-0.15, -0.1) is 17.5 Å². The van der Waals surface area contributed by atoms with E-state index in [4.69, 9.17) is 16.3 Å². The highest BCUT2D eigenvalue weighted by atomic mass is 35.5. The van der Waals surface area contributed by atoms with Crippen LogP contribution in [0.25, 0.3) is 0 Å². The predicted molar refractivity (Wildman–Crippen MR) is 111 cm³/mol. The number of rotatable bonds is 9. The van der Waals surface area contributed by atoms with Gasteiger partial charge in [-0.05, 0) is 34.2 Å². The molecule has 3 rings (SSSR count). The van der Waals surface area contributed by atoms with Crippen molar-refractivity contribution in [2.75, 3.05) is 12.3 Å². The van der Waals surface area contributed by atoms with Crippen molar-refractivity contribution in [3.05, 3.63) is 64.7 Å². The van der Waals surface area contributed by atoms with Gasteiger partial charge in [-0.2, -0.15) is 0 Å². The Balaban J connectivity index is 0.00000261. The van der Waals surface area contributed by atoms with Crippen molar-refractivity contribution >= 4 is 35.8 Å². The summed E-state index contributed by atoms with van der Waals surface area (Å²) in [5.41, 5.74) is 2.17. The minimum Gasteiger partial charge on any atom is -0.489 e. The SMILES string of the molecule is Cl.Cn1nnnc1SCCNCc1cc(Cl)ccc1OCc1ccccc1. The second kappa shape index (κ2) is 11.1. The summed E-state index contributed by atoms with van der Waals surface area (Å²) in [7, 11) is 1.83. The molecule has 0 saturated heterocycles. The molecule has 3 aromatic rings. The van der Waals surface area contributed by atoms with Crippen molar-refractivity contribution in [1.29, 1.82) is 0 Å². The zero-order chi connectivity index (χ0) is 18.2. The molecule has 0 fully saturated rings. The van der Waals surface area contributed by atoms with Gasteiger partial charge < -0.3 is 10.1 Å². The van der Waals surface area contributed by atoms with Crippen LogP contribution in [0, 0.1) is 0 Å². The molecule has 9 heteroatoms. The fourth-order valence-electron chi connectivity index (χ4n) is 2.34.